The van der Waals surface area contributed by atoms with Gasteiger partial charge in [-0.25, -0.2) is 4.39 Å². The summed E-state index contributed by atoms with van der Waals surface area (Å²) >= 11 is 0. The average molecular weight is 208 g/mol. The highest BCUT2D eigenvalue weighted by Gasteiger charge is 2.40. The number of aliphatic hydroxyl groups is 1. The van der Waals surface area contributed by atoms with E-state index in [9.17, 15) is 17.6 Å². The standard InChI is InChI=1S/C9H8F4O/c10-7-3-1-2-6(4-7)8(5-14)9(11,12)13/h1-4,8,14H,5H2. The van der Waals surface area contributed by atoms with E-state index in [0.29, 0.717) is 0 Å². The molecule has 1 unspecified atom stereocenters. The van der Waals surface area contributed by atoms with Crippen LogP contribution < -0.4 is 0 Å². The van der Waals surface area contributed by atoms with Crippen LogP contribution in [0.15, 0.2) is 24.3 Å². The van der Waals surface area contributed by atoms with Crippen molar-refractivity contribution in [1.29, 1.82) is 0 Å². The summed E-state index contributed by atoms with van der Waals surface area (Å²) in [4.78, 5) is 0. The Bertz CT molecular complexity index is 308. The largest absolute Gasteiger partial charge is 0.397 e. The zero-order chi connectivity index (χ0) is 10.8. The van der Waals surface area contributed by atoms with E-state index in [1.54, 1.807) is 0 Å². The molecule has 0 saturated heterocycles. The molecule has 5 heteroatoms. The van der Waals surface area contributed by atoms with Gasteiger partial charge >= 0.3 is 6.18 Å². The number of rotatable bonds is 2. The average Bonchev–Trinajstić information content (AvgIpc) is 2.02. The van der Waals surface area contributed by atoms with Crippen LogP contribution >= 0.6 is 0 Å². The lowest BCUT2D eigenvalue weighted by atomic mass is 9.99. The predicted molar refractivity (Wildman–Crippen MR) is 42.3 cm³/mol. The second-order valence-corrected chi connectivity index (χ2v) is 2.83. The van der Waals surface area contributed by atoms with Crippen molar-refractivity contribution in [2.75, 3.05) is 6.61 Å². The van der Waals surface area contributed by atoms with Gasteiger partial charge in [0.2, 0.25) is 0 Å². The molecular formula is C9H8F4O. The van der Waals surface area contributed by atoms with Crippen LogP contribution in [0.25, 0.3) is 0 Å². The molecule has 78 valence electrons. The van der Waals surface area contributed by atoms with E-state index < -0.39 is 24.5 Å². The Morgan fingerprint density at radius 3 is 2.36 bits per heavy atom. The van der Waals surface area contributed by atoms with Crippen molar-refractivity contribution in [3.05, 3.63) is 35.6 Å². The van der Waals surface area contributed by atoms with Crippen molar-refractivity contribution < 1.29 is 22.7 Å². The first kappa shape index (κ1) is 11.0. The number of hydrogen-bond acceptors (Lipinski definition) is 1. The predicted octanol–water partition coefficient (Wildman–Crippen LogP) is 2.46. The van der Waals surface area contributed by atoms with Crippen molar-refractivity contribution in [2.24, 2.45) is 0 Å². The molecule has 1 aromatic carbocycles. The lowest BCUT2D eigenvalue weighted by Gasteiger charge is -2.17. The topological polar surface area (TPSA) is 20.2 Å². The second-order valence-electron chi connectivity index (χ2n) is 2.83. The molecule has 1 rings (SSSR count). The van der Waals surface area contributed by atoms with Gasteiger partial charge in [-0.15, -0.1) is 0 Å². The Kier molecular flexibility index (Phi) is 3.10. The molecule has 0 spiro atoms. The summed E-state index contributed by atoms with van der Waals surface area (Å²) in [5, 5.41) is 8.56. The molecule has 0 aliphatic carbocycles. The Balaban J connectivity index is 3.01. The van der Waals surface area contributed by atoms with Crippen molar-refractivity contribution in [1.82, 2.24) is 0 Å². The molecule has 0 aromatic heterocycles. The molecule has 1 N–H and O–H groups in total. The molecule has 0 bridgehead atoms. The van der Waals surface area contributed by atoms with Gasteiger partial charge in [-0.2, -0.15) is 13.2 Å². The first-order valence-electron chi connectivity index (χ1n) is 3.88. The van der Waals surface area contributed by atoms with Crippen molar-refractivity contribution >= 4 is 0 Å². The molecule has 1 atom stereocenters. The first-order chi connectivity index (χ1) is 6.45. The quantitative estimate of drug-likeness (QED) is 0.740. The van der Waals surface area contributed by atoms with Gasteiger partial charge in [-0.05, 0) is 17.7 Å². The molecule has 0 aliphatic heterocycles. The summed E-state index contributed by atoms with van der Waals surface area (Å²) in [6.07, 6.45) is -4.55. The molecular weight excluding hydrogens is 200 g/mol. The lowest BCUT2D eigenvalue weighted by molar-refractivity contribution is -0.158. The molecule has 0 amide bonds. The second kappa shape index (κ2) is 3.96. The highest BCUT2D eigenvalue weighted by Crippen LogP contribution is 2.34. The van der Waals surface area contributed by atoms with Crippen LogP contribution in [0, 0.1) is 5.82 Å². The summed E-state index contributed by atoms with van der Waals surface area (Å²) in [5.41, 5.74) is -0.264. The third kappa shape index (κ3) is 2.45. The summed E-state index contributed by atoms with van der Waals surface area (Å²) < 4.78 is 49.4. The molecule has 14 heavy (non-hydrogen) atoms. The maximum absolute atomic E-state index is 12.6. The van der Waals surface area contributed by atoms with Crippen molar-refractivity contribution in [3.8, 4) is 0 Å². The Hall–Kier alpha value is -1.10. The Morgan fingerprint density at radius 1 is 1.29 bits per heavy atom. The summed E-state index contributed by atoms with van der Waals surface area (Å²) in [7, 11) is 0. The Morgan fingerprint density at radius 2 is 1.93 bits per heavy atom. The smallest absolute Gasteiger partial charge is 0.395 e. The van der Waals surface area contributed by atoms with E-state index in [0.717, 1.165) is 18.2 Å². The van der Waals surface area contributed by atoms with Gasteiger partial charge in [0, 0.05) is 0 Å². The van der Waals surface area contributed by atoms with Crippen LogP contribution in [0.5, 0.6) is 0 Å². The maximum Gasteiger partial charge on any atom is 0.397 e. The van der Waals surface area contributed by atoms with Gasteiger partial charge in [-0.1, -0.05) is 12.1 Å². The van der Waals surface area contributed by atoms with E-state index >= 15 is 0 Å². The maximum atomic E-state index is 12.6. The molecule has 0 heterocycles. The van der Waals surface area contributed by atoms with Crippen LogP contribution in [0.1, 0.15) is 11.5 Å². The van der Waals surface area contributed by atoms with Gasteiger partial charge in [-0.3, -0.25) is 0 Å². The van der Waals surface area contributed by atoms with Crippen LogP contribution in [0.2, 0.25) is 0 Å². The van der Waals surface area contributed by atoms with E-state index in [2.05, 4.69) is 0 Å². The number of hydrogen-bond donors (Lipinski definition) is 1. The number of halogens is 4. The number of benzene rings is 1. The summed E-state index contributed by atoms with van der Waals surface area (Å²) in [6.45, 7) is -1.08. The lowest BCUT2D eigenvalue weighted by Crippen LogP contribution is -2.24. The normalized spacial score (nSPS) is 14.1. The fourth-order valence-electron chi connectivity index (χ4n) is 1.12. The fraction of sp³-hybridized carbons (Fsp3) is 0.333. The van der Waals surface area contributed by atoms with E-state index in [1.807, 2.05) is 0 Å². The van der Waals surface area contributed by atoms with Crippen LogP contribution in [0.3, 0.4) is 0 Å². The summed E-state index contributed by atoms with van der Waals surface area (Å²) in [5.74, 6) is -2.76. The third-order valence-corrected chi connectivity index (χ3v) is 1.83. The van der Waals surface area contributed by atoms with Crippen molar-refractivity contribution in [3.63, 3.8) is 0 Å². The third-order valence-electron chi connectivity index (χ3n) is 1.83. The molecule has 1 nitrogen and oxygen atoms in total. The van der Waals surface area contributed by atoms with E-state index in [4.69, 9.17) is 5.11 Å². The number of aliphatic hydroxyl groups excluding tert-OH is 1. The van der Waals surface area contributed by atoms with Gasteiger partial charge in [0.15, 0.2) is 0 Å². The monoisotopic (exact) mass is 208 g/mol. The zero-order valence-corrected chi connectivity index (χ0v) is 7.05. The minimum absolute atomic E-state index is 0.264. The molecule has 0 aliphatic rings. The van der Waals surface area contributed by atoms with E-state index in [1.165, 1.54) is 6.07 Å². The molecule has 0 fully saturated rings. The van der Waals surface area contributed by atoms with Gasteiger partial charge in [0.1, 0.15) is 11.7 Å². The SMILES string of the molecule is OCC(c1cccc(F)c1)C(F)(F)F. The molecule has 1 aromatic rings. The number of alkyl halides is 3. The molecule has 0 radical (unpaired) electrons. The van der Waals surface area contributed by atoms with Gasteiger partial charge in [0.05, 0.1) is 6.61 Å². The minimum atomic E-state index is -4.55. The summed E-state index contributed by atoms with van der Waals surface area (Å²) in [6, 6.07) is 4.14. The highest BCUT2D eigenvalue weighted by atomic mass is 19.4. The van der Waals surface area contributed by atoms with Crippen LogP contribution in [-0.2, 0) is 0 Å². The van der Waals surface area contributed by atoms with Crippen LogP contribution in [-0.4, -0.2) is 17.9 Å². The fourth-order valence-corrected chi connectivity index (χ4v) is 1.12. The van der Waals surface area contributed by atoms with Crippen molar-refractivity contribution in [2.45, 2.75) is 12.1 Å². The zero-order valence-electron chi connectivity index (χ0n) is 7.05. The minimum Gasteiger partial charge on any atom is -0.395 e. The van der Waals surface area contributed by atoms with Gasteiger partial charge < -0.3 is 5.11 Å². The van der Waals surface area contributed by atoms with Gasteiger partial charge in [0.25, 0.3) is 0 Å². The highest BCUT2D eigenvalue weighted by molar-refractivity contribution is 5.22. The van der Waals surface area contributed by atoms with E-state index in [-0.39, 0.29) is 5.56 Å². The Labute approximate surface area is 78.0 Å². The first-order valence-corrected chi connectivity index (χ1v) is 3.88. The van der Waals surface area contributed by atoms with Crippen LogP contribution in [0.4, 0.5) is 17.6 Å². The molecule has 0 saturated carbocycles.